The molecule has 0 aliphatic carbocycles. The number of piperidine rings is 3. The number of ether oxygens (including phenoxy) is 1. The van der Waals surface area contributed by atoms with Crippen molar-refractivity contribution < 1.29 is 9.84 Å². The van der Waals surface area contributed by atoms with Crippen molar-refractivity contribution in [3.8, 4) is 5.75 Å². The molecule has 4 nitrogen and oxygen atoms in total. The van der Waals surface area contributed by atoms with Crippen molar-refractivity contribution in [2.45, 2.75) is 25.8 Å². The van der Waals surface area contributed by atoms with Gasteiger partial charge in [-0.25, -0.2) is 0 Å². The van der Waals surface area contributed by atoms with Crippen LogP contribution in [0.2, 0.25) is 0 Å². The van der Waals surface area contributed by atoms with Crippen LogP contribution in [0.1, 0.15) is 19.3 Å². The average molecular weight is 362 g/mol. The van der Waals surface area contributed by atoms with Gasteiger partial charge in [0.15, 0.2) is 0 Å². The van der Waals surface area contributed by atoms with Crippen LogP contribution in [-0.4, -0.2) is 40.9 Å². The molecule has 0 atom stereocenters. The van der Waals surface area contributed by atoms with Crippen molar-refractivity contribution in [3.63, 3.8) is 0 Å². The van der Waals surface area contributed by atoms with E-state index < -0.39 is 0 Å². The van der Waals surface area contributed by atoms with E-state index >= 15 is 0 Å². The number of fused-ring (bicyclic) bond motifs is 6. The highest BCUT2D eigenvalue weighted by Gasteiger charge is 2.28. The summed E-state index contributed by atoms with van der Waals surface area (Å²) in [6.07, 6.45) is 6.18. The number of hydrogen-bond donors (Lipinski definition) is 1. The van der Waals surface area contributed by atoms with Gasteiger partial charge in [-0.15, -0.1) is 0 Å². The SMILES string of the molecule is OCCn1c2ccccc2c2ccc(OCC=C3CC4CCN3CC4)cc21. The van der Waals surface area contributed by atoms with Crippen LogP contribution in [0.25, 0.3) is 21.8 Å². The Balaban J connectivity index is 1.41. The summed E-state index contributed by atoms with van der Waals surface area (Å²) < 4.78 is 8.26. The molecule has 4 heterocycles. The number of benzene rings is 2. The lowest BCUT2D eigenvalue weighted by Crippen LogP contribution is -2.39. The Morgan fingerprint density at radius 2 is 1.85 bits per heavy atom. The smallest absolute Gasteiger partial charge is 0.121 e. The lowest BCUT2D eigenvalue weighted by atomic mass is 9.86. The van der Waals surface area contributed by atoms with Crippen molar-refractivity contribution in [1.82, 2.24) is 9.47 Å². The number of aliphatic hydroxyl groups excluding tert-OH is 1. The van der Waals surface area contributed by atoms with E-state index in [0.717, 1.165) is 22.7 Å². The minimum atomic E-state index is 0.127. The normalized spacial score (nSPS) is 18.9. The van der Waals surface area contributed by atoms with E-state index in [4.69, 9.17) is 4.74 Å². The maximum atomic E-state index is 9.50. The average Bonchev–Trinajstić information content (AvgIpc) is 3.03. The summed E-state index contributed by atoms with van der Waals surface area (Å²) in [7, 11) is 0. The quantitative estimate of drug-likeness (QED) is 0.740. The molecule has 3 aromatic rings. The van der Waals surface area contributed by atoms with E-state index in [-0.39, 0.29) is 6.61 Å². The minimum Gasteiger partial charge on any atom is -0.489 e. The molecule has 0 spiro atoms. The zero-order valence-corrected chi connectivity index (χ0v) is 15.6. The summed E-state index contributed by atoms with van der Waals surface area (Å²) in [5.41, 5.74) is 3.75. The maximum Gasteiger partial charge on any atom is 0.121 e. The van der Waals surface area contributed by atoms with Crippen LogP contribution < -0.4 is 4.74 Å². The molecule has 2 aromatic carbocycles. The summed E-state index contributed by atoms with van der Waals surface area (Å²) in [5.74, 6) is 1.77. The van der Waals surface area contributed by atoms with Crippen LogP contribution in [0.15, 0.2) is 54.2 Å². The molecule has 6 rings (SSSR count). The fourth-order valence-electron chi connectivity index (χ4n) is 4.76. The molecule has 1 N–H and O–H groups in total. The molecule has 3 aliphatic rings. The monoisotopic (exact) mass is 362 g/mol. The van der Waals surface area contributed by atoms with Crippen molar-refractivity contribution in [2.75, 3.05) is 26.3 Å². The summed E-state index contributed by atoms with van der Waals surface area (Å²) >= 11 is 0. The van der Waals surface area contributed by atoms with Gasteiger partial charge < -0.3 is 19.3 Å². The van der Waals surface area contributed by atoms with Gasteiger partial charge >= 0.3 is 0 Å². The molecule has 3 fully saturated rings. The molecule has 1 aromatic heterocycles. The molecule has 27 heavy (non-hydrogen) atoms. The third-order valence-corrected chi connectivity index (χ3v) is 6.16. The van der Waals surface area contributed by atoms with Gasteiger partial charge in [0.1, 0.15) is 12.4 Å². The zero-order chi connectivity index (χ0) is 18.2. The predicted molar refractivity (Wildman–Crippen MR) is 109 cm³/mol. The van der Waals surface area contributed by atoms with E-state index in [2.05, 4.69) is 51.9 Å². The third kappa shape index (κ3) is 2.98. The second-order valence-electron chi connectivity index (χ2n) is 7.71. The predicted octanol–water partition coefficient (Wildman–Crippen LogP) is 4.17. The number of rotatable bonds is 5. The topological polar surface area (TPSA) is 37.6 Å². The lowest BCUT2D eigenvalue weighted by Gasteiger charge is -2.42. The summed E-state index contributed by atoms with van der Waals surface area (Å²) in [6.45, 7) is 3.76. The molecule has 3 aliphatic heterocycles. The van der Waals surface area contributed by atoms with Gasteiger partial charge in [-0.2, -0.15) is 0 Å². The van der Waals surface area contributed by atoms with Crippen LogP contribution in [0.5, 0.6) is 5.75 Å². The molecule has 2 bridgehead atoms. The summed E-state index contributed by atoms with van der Waals surface area (Å²) in [4.78, 5) is 2.52. The van der Waals surface area contributed by atoms with Crippen molar-refractivity contribution in [2.24, 2.45) is 5.92 Å². The van der Waals surface area contributed by atoms with Gasteiger partial charge in [-0.05, 0) is 49.5 Å². The number of aromatic nitrogens is 1. The molecule has 0 amide bonds. The highest BCUT2D eigenvalue weighted by Crippen LogP contribution is 2.34. The fraction of sp³-hybridized carbons (Fsp3) is 0.391. The van der Waals surface area contributed by atoms with Crippen LogP contribution in [0, 0.1) is 5.92 Å². The highest BCUT2D eigenvalue weighted by atomic mass is 16.5. The van der Waals surface area contributed by atoms with Gasteiger partial charge in [-0.3, -0.25) is 0 Å². The molecule has 0 saturated carbocycles. The minimum absolute atomic E-state index is 0.127. The molecule has 0 radical (unpaired) electrons. The second-order valence-corrected chi connectivity index (χ2v) is 7.71. The van der Waals surface area contributed by atoms with E-state index in [1.54, 1.807) is 0 Å². The van der Waals surface area contributed by atoms with Gasteiger partial charge in [0.25, 0.3) is 0 Å². The fourth-order valence-corrected chi connectivity index (χ4v) is 4.76. The molecular weight excluding hydrogens is 336 g/mol. The molecule has 3 saturated heterocycles. The first kappa shape index (κ1) is 16.7. The maximum absolute atomic E-state index is 9.50. The summed E-state index contributed by atoms with van der Waals surface area (Å²) in [6, 6.07) is 14.7. The Morgan fingerprint density at radius 1 is 1.04 bits per heavy atom. The van der Waals surface area contributed by atoms with Crippen molar-refractivity contribution in [1.29, 1.82) is 0 Å². The van der Waals surface area contributed by atoms with E-state index in [0.29, 0.717) is 13.2 Å². The van der Waals surface area contributed by atoms with Gasteiger partial charge in [0.05, 0.1) is 12.1 Å². The largest absolute Gasteiger partial charge is 0.489 e. The Bertz CT molecular complexity index is 996. The van der Waals surface area contributed by atoms with Crippen molar-refractivity contribution in [3.05, 3.63) is 54.2 Å². The first-order valence-electron chi connectivity index (χ1n) is 10.0. The van der Waals surface area contributed by atoms with E-state index in [1.165, 1.54) is 48.8 Å². The number of hydrogen-bond acceptors (Lipinski definition) is 3. The van der Waals surface area contributed by atoms with E-state index in [9.17, 15) is 5.11 Å². The molecular formula is C23H26N2O2. The zero-order valence-electron chi connectivity index (χ0n) is 15.6. The highest BCUT2D eigenvalue weighted by molar-refractivity contribution is 6.08. The Kier molecular flexibility index (Phi) is 4.29. The Hall–Kier alpha value is -2.46. The van der Waals surface area contributed by atoms with Gasteiger partial charge in [0, 0.05) is 47.7 Å². The number of aliphatic hydroxyl groups is 1. The molecule has 140 valence electrons. The molecule has 4 heteroatoms. The Labute approximate surface area is 159 Å². The van der Waals surface area contributed by atoms with Crippen LogP contribution in [0.4, 0.5) is 0 Å². The first-order chi connectivity index (χ1) is 13.3. The third-order valence-electron chi connectivity index (χ3n) is 6.16. The Morgan fingerprint density at radius 3 is 2.63 bits per heavy atom. The van der Waals surface area contributed by atoms with E-state index in [1.807, 2.05) is 6.07 Å². The summed E-state index contributed by atoms with van der Waals surface area (Å²) in [5, 5.41) is 11.9. The standard InChI is InChI=1S/C23H26N2O2/c26-13-12-25-22-4-2-1-3-20(22)21-6-5-19(16-23(21)25)27-14-9-18-15-17-7-10-24(18)11-8-17/h1-6,9,16-17,26H,7-8,10-15H2. The van der Waals surface area contributed by atoms with Crippen LogP contribution in [-0.2, 0) is 6.54 Å². The first-order valence-corrected chi connectivity index (χ1v) is 10.0. The number of allylic oxidation sites excluding steroid dienone is 1. The van der Waals surface area contributed by atoms with Crippen LogP contribution >= 0.6 is 0 Å². The number of nitrogens with zero attached hydrogens (tertiary/aromatic N) is 2. The van der Waals surface area contributed by atoms with Crippen LogP contribution in [0.3, 0.4) is 0 Å². The van der Waals surface area contributed by atoms with Crippen molar-refractivity contribution >= 4 is 21.8 Å². The molecule has 0 unspecified atom stereocenters. The number of para-hydroxylation sites is 1. The van der Waals surface area contributed by atoms with Gasteiger partial charge in [-0.1, -0.05) is 18.2 Å². The second kappa shape index (κ2) is 6.93. The van der Waals surface area contributed by atoms with Gasteiger partial charge in [0.2, 0.25) is 0 Å². The lowest BCUT2D eigenvalue weighted by molar-refractivity contribution is 0.158.